The van der Waals surface area contributed by atoms with Crippen LogP contribution in [0.5, 0.6) is 5.75 Å². The van der Waals surface area contributed by atoms with Crippen molar-refractivity contribution in [3.63, 3.8) is 0 Å². The van der Waals surface area contributed by atoms with Gasteiger partial charge in [0.1, 0.15) is 5.75 Å². The number of carbonyl (C=O) groups excluding carboxylic acids is 1. The number of hydrogen-bond acceptors (Lipinski definition) is 5. The molecule has 0 fully saturated rings. The number of ether oxygens (including phenoxy) is 1. The fourth-order valence-corrected chi connectivity index (χ4v) is 4.39. The molecule has 0 N–H and O–H groups in total. The molecule has 0 saturated carbocycles. The normalized spacial score (nSPS) is 10.8. The third-order valence-electron chi connectivity index (χ3n) is 3.79. The van der Waals surface area contributed by atoms with Gasteiger partial charge in [0, 0.05) is 15.3 Å². The predicted octanol–water partition coefficient (Wildman–Crippen LogP) is 5.04. The van der Waals surface area contributed by atoms with Crippen molar-refractivity contribution >= 4 is 28.6 Å². The SMILES string of the molecule is COc1ccc(C(=O)n2nccc2-c2ccc(-c3cccs3)s2)cc1. The second-order valence-electron chi connectivity index (χ2n) is 5.30. The van der Waals surface area contributed by atoms with Gasteiger partial charge in [0.05, 0.1) is 23.9 Å². The molecule has 124 valence electrons. The topological polar surface area (TPSA) is 44.1 Å². The summed E-state index contributed by atoms with van der Waals surface area (Å²) >= 11 is 3.37. The van der Waals surface area contributed by atoms with Crippen LogP contribution in [0, 0.1) is 0 Å². The zero-order valence-electron chi connectivity index (χ0n) is 13.4. The molecule has 6 heteroatoms. The molecule has 4 nitrogen and oxygen atoms in total. The van der Waals surface area contributed by atoms with Crippen LogP contribution in [-0.4, -0.2) is 22.8 Å². The summed E-state index contributed by atoms with van der Waals surface area (Å²) in [5, 5.41) is 6.29. The average Bonchev–Trinajstić information content (AvgIpc) is 3.41. The van der Waals surface area contributed by atoms with Crippen molar-refractivity contribution in [2.24, 2.45) is 0 Å². The summed E-state index contributed by atoms with van der Waals surface area (Å²) in [5.74, 6) is 0.560. The van der Waals surface area contributed by atoms with E-state index in [0.29, 0.717) is 5.56 Å². The van der Waals surface area contributed by atoms with Crippen molar-refractivity contribution in [2.45, 2.75) is 0 Å². The van der Waals surface area contributed by atoms with Gasteiger partial charge >= 0.3 is 0 Å². The van der Waals surface area contributed by atoms with Gasteiger partial charge in [-0.15, -0.1) is 22.7 Å². The molecule has 25 heavy (non-hydrogen) atoms. The maximum atomic E-state index is 12.8. The van der Waals surface area contributed by atoms with E-state index in [4.69, 9.17) is 4.74 Å². The summed E-state index contributed by atoms with van der Waals surface area (Å²) in [7, 11) is 1.60. The lowest BCUT2D eigenvalue weighted by atomic mass is 10.2. The van der Waals surface area contributed by atoms with Crippen LogP contribution in [0.4, 0.5) is 0 Å². The molecule has 0 bridgehead atoms. The Kier molecular flexibility index (Phi) is 4.21. The fraction of sp³-hybridized carbons (Fsp3) is 0.0526. The lowest BCUT2D eigenvalue weighted by Gasteiger charge is -2.06. The first-order valence-corrected chi connectivity index (χ1v) is 9.33. The van der Waals surface area contributed by atoms with Crippen LogP contribution >= 0.6 is 22.7 Å². The molecule has 0 unspecified atom stereocenters. The molecule has 0 atom stereocenters. The first kappa shape index (κ1) is 15.8. The van der Waals surface area contributed by atoms with E-state index in [2.05, 4.69) is 22.6 Å². The van der Waals surface area contributed by atoms with E-state index < -0.39 is 0 Å². The van der Waals surface area contributed by atoms with Gasteiger partial charge in [-0.3, -0.25) is 4.79 Å². The van der Waals surface area contributed by atoms with Gasteiger partial charge in [-0.1, -0.05) is 6.07 Å². The van der Waals surface area contributed by atoms with Gasteiger partial charge in [0.2, 0.25) is 0 Å². The quantitative estimate of drug-likeness (QED) is 0.508. The largest absolute Gasteiger partial charge is 0.497 e. The zero-order valence-corrected chi connectivity index (χ0v) is 15.0. The van der Waals surface area contributed by atoms with Gasteiger partial charge in [-0.2, -0.15) is 9.78 Å². The number of methoxy groups -OCH3 is 1. The van der Waals surface area contributed by atoms with Crippen molar-refractivity contribution in [1.82, 2.24) is 9.78 Å². The molecule has 0 aliphatic carbocycles. The van der Waals surface area contributed by atoms with E-state index in [1.165, 1.54) is 14.4 Å². The highest BCUT2D eigenvalue weighted by Crippen LogP contribution is 2.36. The van der Waals surface area contributed by atoms with Crippen LogP contribution in [-0.2, 0) is 0 Å². The zero-order chi connectivity index (χ0) is 17.2. The molecule has 3 aromatic heterocycles. The van der Waals surface area contributed by atoms with Crippen LogP contribution in [0.25, 0.3) is 20.3 Å². The van der Waals surface area contributed by atoms with Crippen molar-refractivity contribution in [1.29, 1.82) is 0 Å². The number of thiophene rings is 2. The molecule has 4 rings (SSSR count). The Hall–Kier alpha value is -2.70. The highest BCUT2D eigenvalue weighted by Gasteiger charge is 2.16. The minimum Gasteiger partial charge on any atom is -0.497 e. The minimum absolute atomic E-state index is 0.159. The van der Waals surface area contributed by atoms with Crippen LogP contribution in [0.1, 0.15) is 10.4 Å². The molecule has 0 amide bonds. The maximum absolute atomic E-state index is 12.8. The number of nitrogens with zero attached hydrogens (tertiary/aromatic N) is 2. The van der Waals surface area contributed by atoms with E-state index in [1.807, 2.05) is 18.2 Å². The Labute approximate surface area is 152 Å². The monoisotopic (exact) mass is 366 g/mol. The molecule has 0 saturated heterocycles. The number of benzene rings is 1. The lowest BCUT2D eigenvalue weighted by molar-refractivity contribution is 0.0947. The van der Waals surface area contributed by atoms with Gasteiger partial charge in [0.15, 0.2) is 0 Å². The standard InChI is InChI=1S/C19H14N2O2S2/c1-23-14-6-4-13(5-7-14)19(22)21-15(10-11-20-21)16-8-9-18(25-16)17-3-2-12-24-17/h2-12H,1H3. The third-order valence-corrected chi connectivity index (χ3v) is 5.97. The molecule has 3 heterocycles. The Morgan fingerprint density at radius 1 is 1.00 bits per heavy atom. The predicted molar refractivity (Wildman–Crippen MR) is 102 cm³/mol. The summed E-state index contributed by atoms with van der Waals surface area (Å²) in [6.45, 7) is 0. The van der Waals surface area contributed by atoms with Crippen LogP contribution in [0.2, 0.25) is 0 Å². The van der Waals surface area contributed by atoms with E-state index in [1.54, 1.807) is 60.2 Å². The summed E-state index contributed by atoms with van der Waals surface area (Å²) in [4.78, 5) is 16.2. The van der Waals surface area contributed by atoms with Gasteiger partial charge < -0.3 is 4.74 Å². The summed E-state index contributed by atoms with van der Waals surface area (Å²) in [6.07, 6.45) is 1.65. The van der Waals surface area contributed by atoms with Crippen molar-refractivity contribution in [3.05, 3.63) is 71.7 Å². The molecule has 0 spiro atoms. The maximum Gasteiger partial charge on any atom is 0.278 e. The molecular formula is C19H14N2O2S2. The molecular weight excluding hydrogens is 352 g/mol. The molecule has 0 aliphatic rings. The number of rotatable bonds is 4. The molecule has 1 aromatic carbocycles. The average molecular weight is 366 g/mol. The fourth-order valence-electron chi connectivity index (χ4n) is 2.53. The minimum atomic E-state index is -0.159. The van der Waals surface area contributed by atoms with E-state index in [-0.39, 0.29) is 5.91 Å². The second-order valence-corrected chi connectivity index (χ2v) is 7.33. The number of aromatic nitrogens is 2. The highest BCUT2D eigenvalue weighted by molar-refractivity contribution is 7.23. The van der Waals surface area contributed by atoms with Crippen LogP contribution < -0.4 is 4.74 Å². The van der Waals surface area contributed by atoms with Crippen molar-refractivity contribution < 1.29 is 9.53 Å². The van der Waals surface area contributed by atoms with E-state index in [0.717, 1.165) is 16.3 Å². The summed E-state index contributed by atoms with van der Waals surface area (Å²) in [5.41, 5.74) is 1.37. The van der Waals surface area contributed by atoms with Gasteiger partial charge in [-0.25, -0.2) is 0 Å². The Bertz CT molecular complexity index is 998. The van der Waals surface area contributed by atoms with Crippen molar-refractivity contribution in [3.8, 4) is 26.1 Å². The Morgan fingerprint density at radius 2 is 1.80 bits per heavy atom. The van der Waals surface area contributed by atoms with Gasteiger partial charge in [0.25, 0.3) is 5.91 Å². The summed E-state index contributed by atoms with van der Waals surface area (Å²) < 4.78 is 6.59. The van der Waals surface area contributed by atoms with E-state index in [9.17, 15) is 4.79 Å². The second kappa shape index (κ2) is 6.66. The Morgan fingerprint density at radius 3 is 2.52 bits per heavy atom. The number of carbonyl (C=O) groups is 1. The van der Waals surface area contributed by atoms with E-state index >= 15 is 0 Å². The highest BCUT2D eigenvalue weighted by atomic mass is 32.1. The smallest absolute Gasteiger partial charge is 0.278 e. The molecule has 4 aromatic rings. The molecule has 0 aliphatic heterocycles. The van der Waals surface area contributed by atoms with Gasteiger partial charge in [-0.05, 0) is 53.9 Å². The Balaban J connectivity index is 1.67. The molecule has 0 radical (unpaired) electrons. The van der Waals surface area contributed by atoms with Crippen LogP contribution in [0.3, 0.4) is 0 Å². The lowest BCUT2D eigenvalue weighted by Crippen LogP contribution is -2.14. The first-order chi connectivity index (χ1) is 12.3. The van der Waals surface area contributed by atoms with Crippen molar-refractivity contribution in [2.75, 3.05) is 7.11 Å². The van der Waals surface area contributed by atoms with Crippen LogP contribution in [0.15, 0.2) is 66.2 Å². The first-order valence-electron chi connectivity index (χ1n) is 7.63. The third kappa shape index (κ3) is 3.01. The summed E-state index contributed by atoms with van der Waals surface area (Å²) in [6, 6.07) is 17.2. The number of hydrogen-bond donors (Lipinski definition) is 0.